The third-order valence-corrected chi connectivity index (χ3v) is 4.39. The van der Waals surface area contributed by atoms with E-state index in [-0.39, 0.29) is 5.54 Å². The Morgan fingerprint density at radius 1 is 1.33 bits per heavy atom. The van der Waals surface area contributed by atoms with E-state index in [9.17, 15) is 0 Å². The van der Waals surface area contributed by atoms with Crippen LogP contribution in [-0.4, -0.2) is 19.7 Å². The van der Waals surface area contributed by atoms with Crippen LogP contribution in [0.25, 0.3) is 11.5 Å². The zero-order valence-corrected chi connectivity index (χ0v) is 12.3. The fraction of sp³-hybridized carbons (Fsp3) is 0.462. The van der Waals surface area contributed by atoms with Gasteiger partial charge in [-0.3, -0.25) is 0 Å². The van der Waals surface area contributed by atoms with Crippen molar-refractivity contribution in [3.05, 3.63) is 28.6 Å². The van der Waals surface area contributed by atoms with Crippen molar-refractivity contribution in [1.82, 2.24) is 19.7 Å². The fourth-order valence-corrected chi connectivity index (χ4v) is 2.84. The Hall–Kier alpha value is -1.23. The Morgan fingerprint density at radius 2 is 2.11 bits per heavy atom. The van der Waals surface area contributed by atoms with Gasteiger partial charge in [-0.05, 0) is 47.8 Å². The van der Waals surface area contributed by atoms with Crippen molar-refractivity contribution < 1.29 is 0 Å². The average molecular weight is 307 g/mol. The fourth-order valence-electron chi connectivity index (χ4n) is 2.50. The summed E-state index contributed by atoms with van der Waals surface area (Å²) in [6.07, 6.45) is 0.980. The van der Waals surface area contributed by atoms with Crippen molar-refractivity contribution >= 4 is 15.9 Å². The first-order valence-electron chi connectivity index (χ1n) is 6.08. The molecule has 0 aliphatic carbocycles. The van der Waals surface area contributed by atoms with Crippen LogP contribution in [0.4, 0.5) is 0 Å². The van der Waals surface area contributed by atoms with Gasteiger partial charge in [-0.2, -0.15) is 0 Å². The van der Waals surface area contributed by atoms with Crippen LogP contribution in [0.5, 0.6) is 0 Å². The highest BCUT2D eigenvalue weighted by Gasteiger charge is 2.40. The van der Waals surface area contributed by atoms with Crippen molar-refractivity contribution in [2.75, 3.05) is 0 Å². The third kappa shape index (κ3) is 1.61. The Balaban J connectivity index is 2.18. The lowest BCUT2D eigenvalue weighted by atomic mass is 9.90. The Bertz CT molecular complexity index is 603. The highest BCUT2D eigenvalue weighted by molar-refractivity contribution is 9.10. The zero-order chi connectivity index (χ0) is 12.9. The summed E-state index contributed by atoms with van der Waals surface area (Å²) >= 11 is 3.40. The monoisotopic (exact) mass is 306 g/mol. The second-order valence-corrected chi connectivity index (χ2v) is 6.19. The lowest BCUT2D eigenvalue weighted by Crippen LogP contribution is -2.29. The van der Waals surface area contributed by atoms with E-state index in [2.05, 4.69) is 56.4 Å². The van der Waals surface area contributed by atoms with E-state index < -0.39 is 0 Å². The van der Waals surface area contributed by atoms with E-state index >= 15 is 0 Å². The second-order valence-electron chi connectivity index (χ2n) is 5.38. The maximum atomic E-state index is 4.48. The van der Waals surface area contributed by atoms with Crippen LogP contribution in [0.15, 0.2) is 22.8 Å². The van der Waals surface area contributed by atoms with E-state index in [1.807, 2.05) is 18.2 Å². The number of rotatable bonds is 1. The van der Waals surface area contributed by atoms with Gasteiger partial charge >= 0.3 is 0 Å². The van der Waals surface area contributed by atoms with E-state index in [0.29, 0.717) is 5.92 Å². The van der Waals surface area contributed by atoms with E-state index in [4.69, 9.17) is 0 Å². The van der Waals surface area contributed by atoms with E-state index in [1.165, 1.54) is 0 Å². The van der Waals surface area contributed by atoms with Crippen LogP contribution in [-0.2, 0) is 12.0 Å². The number of pyridine rings is 1. The molecule has 1 aliphatic rings. The van der Waals surface area contributed by atoms with Crippen molar-refractivity contribution in [2.45, 2.75) is 32.7 Å². The summed E-state index contributed by atoms with van der Waals surface area (Å²) < 4.78 is 3.05. The van der Waals surface area contributed by atoms with Gasteiger partial charge in [-0.15, -0.1) is 10.2 Å². The number of hydrogen-bond acceptors (Lipinski definition) is 3. The van der Waals surface area contributed by atoms with Crippen molar-refractivity contribution in [3.63, 3.8) is 0 Å². The van der Waals surface area contributed by atoms with Gasteiger partial charge in [0, 0.05) is 12.0 Å². The molecule has 0 saturated heterocycles. The minimum Gasteiger partial charge on any atom is -0.304 e. The molecule has 3 heterocycles. The summed E-state index contributed by atoms with van der Waals surface area (Å²) in [5.74, 6) is 2.49. The molecule has 0 saturated carbocycles. The number of halogens is 1. The van der Waals surface area contributed by atoms with Gasteiger partial charge in [-0.1, -0.05) is 13.0 Å². The van der Waals surface area contributed by atoms with Gasteiger partial charge in [0.1, 0.15) is 16.1 Å². The third-order valence-electron chi connectivity index (χ3n) is 3.95. The summed E-state index contributed by atoms with van der Waals surface area (Å²) in [7, 11) is 0. The van der Waals surface area contributed by atoms with Crippen LogP contribution >= 0.6 is 15.9 Å². The molecule has 0 spiro atoms. The number of fused-ring (bicyclic) bond motifs is 1. The summed E-state index contributed by atoms with van der Waals surface area (Å²) in [5.41, 5.74) is 0.906. The highest BCUT2D eigenvalue weighted by Crippen LogP contribution is 2.39. The molecule has 0 bridgehead atoms. The van der Waals surface area contributed by atoms with Gasteiger partial charge in [0.15, 0.2) is 5.82 Å². The molecular formula is C13H15BrN4. The second kappa shape index (κ2) is 3.88. The maximum Gasteiger partial charge on any atom is 0.183 e. The molecule has 0 amide bonds. The lowest BCUT2D eigenvalue weighted by Gasteiger charge is -2.27. The van der Waals surface area contributed by atoms with Crippen LogP contribution in [0.3, 0.4) is 0 Å². The quantitative estimate of drug-likeness (QED) is 0.761. The maximum absolute atomic E-state index is 4.48. The summed E-state index contributed by atoms with van der Waals surface area (Å²) in [4.78, 5) is 4.48. The average Bonchev–Trinajstić information content (AvgIpc) is 2.81. The molecule has 3 rings (SSSR count). The molecule has 4 nitrogen and oxygen atoms in total. The van der Waals surface area contributed by atoms with Gasteiger partial charge in [-0.25, -0.2) is 4.98 Å². The molecule has 2 aromatic heterocycles. The van der Waals surface area contributed by atoms with Crippen LogP contribution in [0.2, 0.25) is 0 Å². The molecular weight excluding hydrogens is 292 g/mol. The SMILES string of the molecule is CC1Cc2nnc(-c3cccc(Br)n3)n2C1(C)C. The Labute approximate surface area is 115 Å². The number of nitrogens with zero attached hydrogens (tertiary/aromatic N) is 4. The molecule has 5 heteroatoms. The molecule has 1 aliphatic heterocycles. The first-order valence-corrected chi connectivity index (χ1v) is 6.87. The molecule has 0 N–H and O–H groups in total. The van der Waals surface area contributed by atoms with Gasteiger partial charge < -0.3 is 4.57 Å². The molecule has 1 unspecified atom stereocenters. The smallest absolute Gasteiger partial charge is 0.183 e. The largest absolute Gasteiger partial charge is 0.304 e. The standard InChI is InChI=1S/C13H15BrN4/c1-8-7-11-16-17-12(18(11)13(8,2)3)9-5-4-6-10(14)15-9/h4-6,8H,7H2,1-3H3. The normalized spacial score (nSPS) is 21.0. The minimum atomic E-state index is 0.0398. The van der Waals surface area contributed by atoms with Gasteiger partial charge in [0.2, 0.25) is 0 Å². The summed E-state index contributed by atoms with van der Waals surface area (Å²) in [5, 5.41) is 8.62. The molecule has 18 heavy (non-hydrogen) atoms. The topological polar surface area (TPSA) is 43.6 Å². The van der Waals surface area contributed by atoms with Crippen molar-refractivity contribution in [3.8, 4) is 11.5 Å². The van der Waals surface area contributed by atoms with Crippen LogP contribution in [0, 0.1) is 5.92 Å². The predicted octanol–water partition coefficient (Wildman–Crippen LogP) is 3.03. The van der Waals surface area contributed by atoms with E-state index in [1.54, 1.807) is 0 Å². The molecule has 94 valence electrons. The molecule has 0 aromatic carbocycles. The van der Waals surface area contributed by atoms with Crippen molar-refractivity contribution in [2.24, 2.45) is 5.92 Å². The zero-order valence-electron chi connectivity index (χ0n) is 10.7. The van der Waals surface area contributed by atoms with E-state index in [0.717, 1.165) is 28.4 Å². The van der Waals surface area contributed by atoms with Crippen LogP contribution < -0.4 is 0 Å². The number of aromatic nitrogens is 4. The number of hydrogen-bond donors (Lipinski definition) is 0. The molecule has 2 aromatic rings. The molecule has 1 atom stereocenters. The molecule has 0 fully saturated rings. The molecule has 0 radical (unpaired) electrons. The summed E-state index contributed by atoms with van der Waals surface area (Å²) in [6.45, 7) is 6.73. The first-order chi connectivity index (χ1) is 8.50. The predicted molar refractivity (Wildman–Crippen MR) is 73.1 cm³/mol. The summed E-state index contributed by atoms with van der Waals surface area (Å²) in [6, 6.07) is 5.86. The Morgan fingerprint density at radius 3 is 2.83 bits per heavy atom. The minimum absolute atomic E-state index is 0.0398. The van der Waals surface area contributed by atoms with Gasteiger partial charge in [0.05, 0.1) is 0 Å². The van der Waals surface area contributed by atoms with Crippen molar-refractivity contribution in [1.29, 1.82) is 0 Å². The Kier molecular flexibility index (Phi) is 2.55. The van der Waals surface area contributed by atoms with Gasteiger partial charge in [0.25, 0.3) is 0 Å². The first kappa shape index (κ1) is 11.8. The lowest BCUT2D eigenvalue weighted by molar-refractivity contribution is 0.281. The van der Waals surface area contributed by atoms with Crippen LogP contribution in [0.1, 0.15) is 26.6 Å². The highest BCUT2D eigenvalue weighted by atomic mass is 79.9.